The van der Waals surface area contributed by atoms with Crippen LogP contribution in [0.4, 0.5) is 0 Å². The molecular formula is C20H29NO5. The largest absolute Gasteiger partial charge is 0.355 e. The summed E-state index contributed by atoms with van der Waals surface area (Å²) in [6.45, 7) is 8.39. The van der Waals surface area contributed by atoms with E-state index in [-0.39, 0.29) is 23.3 Å². The minimum absolute atomic E-state index is 0.192. The van der Waals surface area contributed by atoms with Crippen molar-refractivity contribution in [3.05, 3.63) is 35.6 Å². The monoisotopic (exact) mass is 363 g/mol. The van der Waals surface area contributed by atoms with E-state index in [1.807, 2.05) is 6.08 Å². The number of carbonyl (C=O) groups excluding carboxylic acids is 2. The first-order valence-corrected chi connectivity index (χ1v) is 8.89. The molecule has 0 aromatic heterocycles. The van der Waals surface area contributed by atoms with Crippen molar-refractivity contribution in [2.75, 3.05) is 14.2 Å². The zero-order chi connectivity index (χ0) is 19.5. The molecule has 0 spiro atoms. The molecule has 1 N–H and O–H groups in total. The molecular weight excluding hydrogens is 334 g/mol. The van der Waals surface area contributed by atoms with Crippen molar-refractivity contribution in [2.24, 2.45) is 11.8 Å². The molecule has 1 amide bonds. The third kappa shape index (κ3) is 4.50. The van der Waals surface area contributed by atoms with E-state index < -0.39 is 18.0 Å². The predicted octanol–water partition coefficient (Wildman–Crippen LogP) is 2.51. The van der Waals surface area contributed by atoms with E-state index in [1.165, 1.54) is 31.9 Å². The smallest absolute Gasteiger partial charge is 0.247 e. The van der Waals surface area contributed by atoms with Gasteiger partial charge >= 0.3 is 0 Å². The van der Waals surface area contributed by atoms with Crippen LogP contribution in [0.25, 0.3) is 0 Å². The maximum absolute atomic E-state index is 12.3. The lowest BCUT2D eigenvalue weighted by atomic mass is 9.95. The summed E-state index contributed by atoms with van der Waals surface area (Å²) in [5.74, 6) is -1.09. The fourth-order valence-electron chi connectivity index (χ4n) is 3.48. The van der Waals surface area contributed by atoms with Crippen LogP contribution < -0.4 is 5.32 Å². The molecule has 144 valence electrons. The van der Waals surface area contributed by atoms with Gasteiger partial charge in [-0.05, 0) is 38.2 Å². The van der Waals surface area contributed by atoms with Gasteiger partial charge in [0.15, 0.2) is 18.0 Å². The van der Waals surface area contributed by atoms with Crippen molar-refractivity contribution in [2.45, 2.75) is 52.1 Å². The number of allylic oxidation sites excluding steroid dienone is 3. The number of rotatable bonds is 8. The van der Waals surface area contributed by atoms with Crippen molar-refractivity contribution in [3.63, 3.8) is 0 Å². The van der Waals surface area contributed by atoms with E-state index >= 15 is 0 Å². The Morgan fingerprint density at radius 2 is 1.96 bits per heavy atom. The summed E-state index contributed by atoms with van der Waals surface area (Å²) in [5, 5.41) is 2.71. The molecule has 1 aliphatic carbocycles. The van der Waals surface area contributed by atoms with Gasteiger partial charge in [-0.2, -0.15) is 0 Å². The quantitative estimate of drug-likeness (QED) is 0.310. The van der Waals surface area contributed by atoms with Gasteiger partial charge in [-0.3, -0.25) is 9.59 Å². The predicted molar refractivity (Wildman–Crippen MR) is 98.2 cm³/mol. The molecule has 1 fully saturated rings. The maximum atomic E-state index is 12.3. The number of hydrogen-bond acceptors (Lipinski definition) is 5. The number of fused-ring (bicyclic) bond motifs is 1. The minimum Gasteiger partial charge on any atom is -0.355 e. The topological polar surface area (TPSA) is 77.2 Å². The first-order valence-electron chi connectivity index (χ1n) is 8.89. The first kappa shape index (κ1) is 20.6. The highest BCUT2D eigenvalue weighted by Gasteiger charge is 2.64. The summed E-state index contributed by atoms with van der Waals surface area (Å²) in [7, 11) is 2.92. The van der Waals surface area contributed by atoms with Crippen molar-refractivity contribution in [3.8, 4) is 0 Å². The maximum Gasteiger partial charge on any atom is 0.247 e. The molecule has 4 atom stereocenters. The van der Waals surface area contributed by atoms with Crippen LogP contribution in [0.15, 0.2) is 35.6 Å². The molecule has 2 rings (SSSR count). The summed E-state index contributed by atoms with van der Waals surface area (Å²) >= 11 is 0. The third-order valence-corrected chi connectivity index (χ3v) is 4.61. The number of epoxide rings is 1. The van der Waals surface area contributed by atoms with Crippen molar-refractivity contribution in [1.29, 1.82) is 0 Å². The Kier molecular flexibility index (Phi) is 6.55. The highest BCUT2D eigenvalue weighted by atomic mass is 16.7. The van der Waals surface area contributed by atoms with E-state index in [0.29, 0.717) is 5.92 Å². The molecule has 2 aliphatic rings. The number of nitrogens with one attached hydrogen (secondary N) is 1. The van der Waals surface area contributed by atoms with E-state index in [1.54, 1.807) is 0 Å². The van der Waals surface area contributed by atoms with Crippen LogP contribution >= 0.6 is 0 Å². The average molecular weight is 363 g/mol. The molecule has 6 heteroatoms. The summed E-state index contributed by atoms with van der Waals surface area (Å²) in [6.07, 6.45) is 6.77. The van der Waals surface area contributed by atoms with Gasteiger partial charge in [0, 0.05) is 20.3 Å². The molecule has 1 heterocycles. The van der Waals surface area contributed by atoms with Crippen LogP contribution in [0.5, 0.6) is 0 Å². The SMILES string of the molecule is COC1(OC)C(NC(=O)/C=C/[C@@H](C)C[C@@H](C)C=C(C)C)=CC(=O)[C@@H]2O[C@@H]21. The molecule has 1 saturated heterocycles. The lowest BCUT2D eigenvalue weighted by molar-refractivity contribution is -0.195. The molecule has 0 unspecified atom stereocenters. The summed E-state index contributed by atoms with van der Waals surface area (Å²) in [6, 6.07) is 0. The highest BCUT2D eigenvalue weighted by molar-refractivity contribution is 5.99. The number of carbonyl (C=O) groups is 2. The van der Waals surface area contributed by atoms with Gasteiger partial charge in [0.2, 0.25) is 11.7 Å². The van der Waals surface area contributed by atoms with Gasteiger partial charge in [-0.25, -0.2) is 0 Å². The zero-order valence-electron chi connectivity index (χ0n) is 16.4. The second-order valence-corrected chi connectivity index (χ2v) is 7.30. The van der Waals surface area contributed by atoms with Crippen LogP contribution in [0.3, 0.4) is 0 Å². The van der Waals surface area contributed by atoms with E-state index in [9.17, 15) is 9.59 Å². The molecule has 0 aromatic rings. The van der Waals surface area contributed by atoms with Crippen molar-refractivity contribution in [1.82, 2.24) is 5.32 Å². The van der Waals surface area contributed by atoms with E-state index in [2.05, 4.69) is 39.1 Å². The second-order valence-electron chi connectivity index (χ2n) is 7.30. The first-order chi connectivity index (χ1) is 12.2. The van der Waals surface area contributed by atoms with Gasteiger partial charge in [-0.15, -0.1) is 0 Å². The Bertz CT molecular complexity index is 641. The molecule has 1 aliphatic heterocycles. The lowest BCUT2D eigenvalue weighted by Gasteiger charge is -2.33. The normalized spacial score (nSPS) is 25.9. The standard InChI is InChI=1S/C20H29NO5/c1-12(2)9-14(4)10-13(3)7-8-17(23)21-16-11-15(22)18-19(26-18)20(16,24-5)25-6/h7-9,11,13-14,18-19H,10H2,1-6H3,(H,21,23)/b8-7+/t13-,14+,18+,19+/m1/s1. The molecule has 0 saturated carbocycles. The number of ether oxygens (including phenoxy) is 3. The Balaban J connectivity index is 2.00. The van der Waals surface area contributed by atoms with E-state index in [0.717, 1.165) is 6.42 Å². The Morgan fingerprint density at radius 3 is 2.54 bits per heavy atom. The number of amides is 1. The third-order valence-electron chi connectivity index (χ3n) is 4.61. The lowest BCUT2D eigenvalue weighted by Crippen LogP contribution is -2.51. The molecule has 0 radical (unpaired) electrons. The Labute approximate surface area is 155 Å². The van der Waals surface area contributed by atoms with Crippen molar-refractivity contribution < 1.29 is 23.8 Å². The summed E-state index contributed by atoms with van der Waals surface area (Å²) in [4.78, 5) is 24.2. The number of ketones is 1. The molecule has 6 nitrogen and oxygen atoms in total. The van der Waals surface area contributed by atoms with Gasteiger partial charge in [0.1, 0.15) is 0 Å². The molecule has 26 heavy (non-hydrogen) atoms. The summed E-state index contributed by atoms with van der Waals surface area (Å²) < 4.78 is 16.2. The van der Waals surface area contributed by atoms with Crippen molar-refractivity contribution >= 4 is 11.7 Å². The summed E-state index contributed by atoms with van der Waals surface area (Å²) in [5.41, 5.74) is 1.56. The van der Waals surface area contributed by atoms with E-state index in [4.69, 9.17) is 14.2 Å². The van der Waals surface area contributed by atoms with Gasteiger partial charge in [0.05, 0.1) is 5.70 Å². The fraction of sp³-hybridized carbons (Fsp3) is 0.600. The van der Waals surface area contributed by atoms with Gasteiger partial charge in [0.25, 0.3) is 0 Å². The second kappa shape index (κ2) is 8.29. The fourth-order valence-corrected chi connectivity index (χ4v) is 3.48. The Hall–Kier alpha value is -1.76. The Morgan fingerprint density at radius 1 is 1.31 bits per heavy atom. The van der Waals surface area contributed by atoms with Gasteiger partial charge in [-0.1, -0.05) is 31.6 Å². The number of hydrogen-bond donors (Lipinski definition) is 1. The van der Waals surface area contributed by atoms with Gasteiger partial charge < -0.3 is 19.5 Å². The minimum atomic E-state index is -1.26. The van der Waals surface area contributed by atoms with Crippen LogP contribution in [0.1, 0.15) is 34.1 Å². The van der Waals surface area contributed by atoms with Crippen LogP contribution in [-0.4, -0.2) is 43.9 Å². The highest BCUT2D eigenvalue weighted by Crippen LogP contribution is 2.43. The van der Waals surface area contributed by atoms with Crippen LogP contribution in [-0.2, 0) is 23.8 Å². The molecule has 0 aromatic carbocycles. The average Bonchev–Trinajstić information content (AvgIpc) is 3.35. The van der Waals surface area contributed by atoms with Crippen LogP contribution in [0, 0.1) is 11.8 Å². The zero-order valence-corrected chi connectivity index (χ0v) is 16.4. The van der Waals surface area contributed by atoms with Crippen LogP contribution in [0.2, 0.25) is 0 Å². The number of methoxy groups -OCH3 is 2. The molecule has 0 bridgehead atoms.